The number of rotatable bonds is 2. The lowest BCUT2D eigenvalue weighted by Gasteiger charge is -2.18. The van der Waals surface area contributed by atoms with E-state index in [0.29, 0.717) is 10.7 Å². The van der Waals surface area contributed by atoms with E-state index in [-0.39, 0.29) is 5.91 Å². The lowest BCUT2D eigenvalue weighted by molar-refractivity contribution is -0.120. The molecule has 82 valence electrons. The van der Waals surface area contributed by atoms with Crippen LogP contribution >= 0.6 is 34.2 Å². The van der Waals surface area contributed by atoms with Crippen LogP contribution in [0, 0.1) is 3.57 Å². The third-order valence-corrected chi connectivity index (χ3v) is 2.75. The fourth-order valence-corrected chi connectivity index (χ4v) is 1.78. The monoisotopic (exact) mass is 338 g/mol. The molecule has 0 aliphatic carbocycles. The quantitative estimate of drug-likeness (QED) is 0.815. The molecule has 0 radical (unpaired) electrons. The second-order valence-electron chi connectivity index (χ2n) is 3.80. The minimum atomic E-state index is -0.910. The second-order valence-corrected chi connectivity index (χ2v) is 5.45. The average Bonchev–Trinajstić information content (AvgIpc) is 2.08. The predicted octanol–water partition coefficient (Wildman–Crippen LogP) is 2.62. The first-order valence-electron chi connectivity index (χ1n) is 4.36. The van der Waals surface area contributed by atoms with Gasteiger partial charge in [-0.25, -0.2) is 0 Å². The summed E-state index contributed by atoms with van der Waals surface area (Å²) in [5.74, 6) is -0.259. The SMILES string of the molecule is CC(C)(N)C(=O)Nc1ccc(I)cc1Cl. The summed E-state index contributed by atoms with van der Waals surface area (Å²) in [6, 6.07) is 5.40. The van der Waals surface area contributed by atoms with Crippen molar-refractivity contribution in [1.82, 2.24) is 0 Å². The lowest BCUT2D eigenvalue weighted by Crippen LogP contribution is -2.45. The van der Waals surface area contributed by atoms with Crippen LogP contribution in [0.1, 0.15) is 13.8 Å². The van der Waals surface area contributed by atoms with Crippen LogP contribution in [0.5, 0.6) is 0 Å². The molecule has 1 aromatic carbocycles. The smallest absolute Gasteiger partial charge is 0.243 e. The summed E-state index contributed by atoms with van der Waals surface area (Å²) >= 11 is 8.11. The summed E-state index contributed by atoms with van der Waals surface area (Å²) in [6.07, 6.45) is 0. The molecule has 5 heteroatoms. The molecule has 0 aliphatic rings. The predicted molar refractivity (Wildman–Crippen MR) is 71.1 cm³/mol. The molecule has 0 unspecified atom stereocenters. The van der Waals surface area contributed by atoms with Crippen molar-refractivity contribution in [1.29, 1.82) is 0 Å². The van der Waals surface area contributed by atoms with Crippen molar-refractivity contribution in [2.24, 2.45) is 5.73 Å². The summed E-state index contributed by atoms with van der Waals surface area (Å²) in [6.45, 7) is 3.28. The highest BCUT2D eigenvalue weighted by molar-refractivity contribution is 14.1. The molecule has 1 rings (SSSR count). The van der Waals surface area contributed by atoms with Gasteiger partial charge in [-0.05, 0) is 54.6 Å². The number of nitrogens with one attached hydrogen (secondary N) is 1. The molecule has 15 heavy (non-hydrogen) atoms. The van der Waals surface area contributed by atoms with E-state index in [1.54, 1.807) is 26.0 Å². The maximum absolute atomic E-state index is 11.6. The number of carbonyl (C=O) groups is 1. The number of hydrogen-bond acceptors (Lipinski definition) is 2. The first-order chi connectivity index (χ1) is 6.80. The van der Waals surface area contributed by atoms with Gasteiger partial charge in [0.15, 0.2) is 0 Å². The van der Waals surface area contributed by atoms with Crippen LogP contribution in [-0.2, 0) is 4.79 Å². The van der Waals surface area contributed by atoms with Crippen molar-refractivity contribution >= 4 is 45.8 Å². The van der Waals surface area contributed by atoms with Crippen LogP contribution in [0.3, 0.4) is 0 Å². The van der Waals surface area contributed by atoms with E-state index in [4.69, 9.17) is 17.3 Å². The molecule has 0 aliphatic heterocycles. The van der Waals surface area contributed by atoms with Crippen molar-refractivity contribution in [3.05, 3.63) is 26.8 Å². The van der Waals surface area contributed by atoms with Gasteiger partial charge < -0.3 is 11.1 Å². The van der Waals surface area contributed by atoms with Crippen LogP contribution in [0.4, 0.5) is 5.69 Å². The van der Waals surface area contributed by atoms with Crippen LogP contribution in [0.15, 0.2) is 18.2 Å². The van der Waals surface area contributed by atoms with Crippen molar-refractivity contribution in [2.45, 2.75) is 19.4 Å². The normalized spacial score (nSPS) is 11.3. The largest absolute Gasteiger partial charge is 0.323 e. The molecule has 0 heterocycles. The van der Waals surface area contributed by atoms with Gasteiger partial charge in [0, 0.05) is 3.57 Å². The van der Waals surface area contributed by atoms with E-state index in [1.807, 2.05) is 6.07 Å². The average molecular weight is 339 g/mol. The van der Waals surface area contributed by atoms with Crippen molar-refractivity contribution in [2.75, 3.05) is 5.32 Å². The zero-order chi connectivity index (χ0) is 11.6. The molecule has 3 N–H and O–H groups in total. The Balaban J connectivity index is 2.87. The first-order valence-corrected chi connectivity index (χ1v) is 5.82. The molecule has 0 spiro atoms. The minimum absolute atomic E-state index is 0.259. The maximum Gasteiger partial charge on any atom is 0.243 e. The highest BCUT2D eigenvalue weighted by atomic mass is 127. The zero-order valence-electron chi connectivity index (χ0n) is 8.47. The topological polar surface area (TPSA) is 55.1 Å². The van der Waals surface area contributed by atoms with Crippen molar-refractivity contribution in [3.63, 3.8) is 0 Å². The van der Waals surface area contributed by atoms with Gasteiger partial charge in [-0.1, -0.05) is 11.6 Å². The lowest BCUT2D eigenvalue weighted by atomic mass is 10.1. The van der Waals surface area contributed by atoms with Gasteiger partial charge in [-0.2, -0.15) is 0 Å². The summed E-state index contributed by atoms with van der Waals surface area (Å²) < 4.78 is 1.02. The molecule has 0 fully saturated rings. The number of anilines is 1. The molecule has 0 atom stereocenters. The number of halogens is 2. The Bertz CT molecular complexity index is 387. The number of hydrogen-bond donors (Lipinski definition) is 2. The molecule has 0 saturated carbocycles. The molecule has 1 aromatic rings. The van der Waals surface area contributed by atoms with Gasteiger partial charge >= 0.3 is 0 Å². The minimum Gasteiger partial charge on any atom is -0.323 e. The number of carbonyl (C=O) groups excluding carboxylic acids is 1. The third kappa shape index (κ3) is 3.62. The van der Waals surface area contributed by atoms with E-state index in [2.05, 4.69) is 27.9 Å². The molecular formula is C10H12ClIN2O. The molecule has 3 nitrogen and oxygen atoms in total. The summed E-state index contributed by atoms with van der Waals surface area (Å²) in [7, 11) is 0. The molecular weight excluding hydrogens is 326 g/mol. The van der Waals surface area contributed by atoms with E-state index in [1.165, 1.54) is 0 Å². The van der Waals surface area contributed by atoms with E-state index in [0.717, 1.165) is 3.57 Å². The Labute approximate surface area is 108 Å². The van der Waals surface area contributed by atoms with E-state index >= 15 is 0 Å². The number of amides is 1. The molecule has 0 aromatic heterocycles. The Morgan fingerprint density at radius 2 is 2.13 bits per heavy atom. The third-order valence-electron chi connectivity index (χ3n) is 1.76. The maximum atomic E-state index is 11.6. The van der Waals surface area contributed by atoms with E-state index in [9.17, 15) is 4.79 Å². The van der Waals surface area contributed by atoms with Crippen LogP contribution < -0.4 is 11.1 Å². The van der Waals surface area contributed by atoms with E-state index < -0.39 is 5.54 Å². The highest BCUT2D eigenvalue weighted by Gasteiger charge is 2.22. The van der Waals surface area contributed by atoms with Gasteiger partial charge in [-0.3, -0.25) is 4.79 Å². The second kappa shape index (κ2) is 4.67. The Morgan fingerprint density at radius 1 is 1.53 bits per heavy atom. The standard InChI is InChI=1S/C10H12ClIN2O/c1-10(2,13)9(15)14-8-4-3-6(12)5-7(8)11/h3-5H,13H2,1-2H3,(H,14,15). The van der Waals surface area contributed by atoms with Crippen LogP contribution in [0.2, 0.25) is 5.02 Å². The van der Waals surface area contributed by atoms with Crippen molar-refractivity contribution in [3.8, 4) is 0 Å². The summed E-state index contributed by atoms with van der Waals surface area (Å²) in [5.41, 5.74) is 5.32. The Morgan fingerprint density at radius 3 is 2.60 bits per heavy atom. The fourth-order valence-electron chi connectivity index (χ4n) is 0.874. The number of benzene rings is 1. The Kier molecular flexibility index (Phi) is 3.97. The summed E-state index contributed by atoms with van der Waals surface area (Å²) in [5, 5.41) is 3.19. The Hall–Kier alpha value is -0.330. The molecule has 0 saturated heterocycles. The molecule has 0 bridgehead atoms. The molecule has 1 amide bonds. The fraction of sp³-hybridized carbons (Fsp3) is 0.300. The van der Waals surface area contributed by atoms with Crippen LogP contribution in [0.25, 0.3) is 0 Å². The van der Waals surface area contributed by atoms with Crippen molar-refractivity contribution < 1.29 is 4.79 Å². The zero-order valence-corrected chi connectivity index (χ0v) is 11.4. The summed E-state index contributed by atoms with van der Waals surface area (Å²) in [4.78, 5) is 11.6. The number of nitrogens with two attached hydrogens (primary N) is 1. The van der Waals surface area contributed by atoms with Gasteiger partial charge in [0.25, 0.3) is 0 Å². The van der Waals surface area contributed by atoms with Gasteiger partial charge in [0.2, 0.25) is 5.91 Å². The van der Waals surface area contributed by atoms with Gasteiger partial charge in [0.1, 0.15) is 0 Å². The van der Waals surface area contributed by atoms with Crippen LogP contribution in [-0.4, -0.2) is 11.4 Å². The van der Waals surface area contributed by atoms with Gasteiger partial charge in [0.05, 0.1) is 16.2 Å². The first kappa shape index (κ1) is 12.7. The van der Waals surface area contributed by atoms with Gasteiger partial charge in [-0.15, -0.1) is 0 Å². The highest BCUT2D eigenvalue weighted by Crippen LogP contribution is 2.24.